The van der Waals surface area contributed by atoms with Gasteiger partial charge in [0, 0.05) is 11.2 Å². The number of nitrogens with zero attached hydrogens (tertiary/aromatic N) is 1. The Labute approximate surface area is 144 Å². The molecule has 0 aromatic carbocycles. The third-order valence-electron chi connectivity index (χ3n) is 4.19. The minimum absolute atomic E-state index is 0.391. The van der Waals surface area contributed by atoms with Gasteiger partial charge in [0.15, 0.2) is 0 Å². The molecular formula is C17H27BN2O4. The molecule has 0 bridgehead atoms. The molecule has 1 aromatic heterocycles. The van der Waals surface area contributed by atoms with Crippen molar-refractivity contribution < 1.29 is 18.8 Å². The highest BCUT2D eigenvalue weighted by Crippen LogP contribution is 2.36. The summed E-state index contributed by atoms with van der Waals surface area (Å²) in [4.78, 5) is 16.5. The van der Waals surface area contributed by atoms with Crippen molar-refractivity contribution in [2.24, 2.45) is 0 Å². The van der Waals surface area contributed by atoms with E-state index < -0.39 is 30.0 Å². The topological polar surface area (TPSA) is 69.7 Å². The largest absolute Gasteiger partial charge is 0.498 e. The Balaban J connectivity index is 2.28. The van der Waals surface area contributed by atoms with E-state index in [2.05, 4.69) is 10.3 Å². The van der Waals surface area contributed by atoms with E-state index in [0.29, 0.717) is 11.3 Å². The number of aromatic nitrogens is 1. The van der Waals surface area contributed by atoms with Gasteiger partial charge in [-0.2, -0.15) is 0 Å². The third kappa shape index (κ3) is 4.08. The van der Waals surface area contributed by atoms with Crippen LogP contribution in [0.2, 0.25) is 0 Å². The number of anilines is 1. The predicted molar refractivity (Wildman–Crippen MR) is 94.5 cm³/mol. The number of hydrogen-bond acceptors (Lipinski definition) is 5. The molecule has 24 heavy (non-hydrogen) atoms. The zero-order valence-corrected chi connectivity index (χ0v) is 15.8. The second kappa shape index (κ2) is 6.04. The summed E-state index contributed by atoms with van der Waals surface area (Å²) in [7, 11) is -0.604. The molecule has 1 N–H and O–H groups in total. The lowest BCUT2D eigenvalue weighted by molar-refractivity contribution is 0.00578. The van der Waals surface area contributed by atoms with E-state index in [1.165, 1.54) is 0 Å². The minimum atomic E-state index is -0.604. The van der Waals surface area contributed by atoms with Crippen molar-refractivity contribution in [2.45, 2.75) is 72.2 Å². The van der Waals surface area contributed by atoms with Crippen LogP contribution in [-0.4, -0.2) is 35.0 Å². The predicted octanol–water partition coefficient (Wildman–Crippen LogP) is 3.04. The maximum atomic E-state index is 12.1. The Morgan fingerprint density at radius 2 is 1.71 bits per heavy atom. The summed E-state index contributed by atoms with van der Waals surface area (Å²) in [5.41, 5.74) is -0.0676. The second-order valence-electron chi connectivity index (χ2n) is 8.11. The molecule has 0 spiro atoms. The number of rotatable bonds is 2. The van der Waals surface area contributed by atoms with Crippen LogP contribution in [0.15, 0.2) is 12.1 Å². The first-order valence-corrected chi connectivity index (χ1v) is 8.14. The van der Waals surface area contributed by atoms with Crippen LogP contribution in [0.25, 0.3) is 0 Å². The summed E-state index contributed by atoms with van der Waals surface area (Å²) < 4.78 is 17.4. The van der Waals surface area contributed by atoms with Crippen molar-refractivity contribution in [3.05, 3.63) is 17.8 Å². The number of carbonyl (C=O) groups excluding carboxylic acids is 1. The van der Waals surface area contributed by atoms with E-state index >= 15 is 0 Å². The molecule has 1 fully saturated rings. The van der Waals surface area contributed by atoms with E-state index in [9.17, 15) is 4.79 Å². The van der Waals surface area contributed by atoms with Crippen LogP contribution >= 0.6 is 0 Å². The zero-order valence-electron chi connectivity index (χ0n) is 15.8. The smallest absolute Gasteiger partial charge is 0.444 e. The number of nitrogens with one attached hydrogen (secondary N) is 1. The highest BCUT2D eigenvalue weighted by molar-refractivity contribution is 6.63. The highest BCUT2D eigenvalue weighted by Gasteiger charge is 2.52. The van der Waals surface area contributed by atoms with Crippen molar-refractivity contribution in [2.75, 3.05) is 5.32 Å². The SMILES string of the molecule is Cc1ccc(B2OC(C)(C)C(C)(C)O2)c(NC(=O)OC(C)(C)C)n1. The lowest BCUT2D eigenvalue weighted by atomic mass is 9.79. The Hall–Kier alpha value is -1.60. The average Bonchev–Trinajstić information content (AvgIpc) is 2.55. The molecule has 0 radical (unpaired) electrons. The van der Waals surface area contributed by atoms with E-state index in [4.69, 9.17) is 14.0 Å². The summed E-state index contributed by atoms with van der Waals surface area (Å²) in [5.74, 6) is 0.391. The van der Waals surface area contributed by atoms with Gasteiger partial charge in [-0.15, -0.1) is 0 Å². The van der Waals surface area contributed by atoms with Crippen molar-refractivity contribution >= 4 is 24.5 Å². The molecule has 2 heterocycles. The summed E-state index contributed by atoms with van der Waals surface area (Å²) in [6, 6.07) is 3.72. The first-order chi connectivity index (χ1) is 10.8. The molecule has 1 amide bonds. The molecule has 1 aliphatic heterocycles. The van der Waals surface area contributed by atoms with Crippen LogP contribution in [0.3, 0.4) is 0 Å². The van der Waals surface area contributed by atoms with Crippen molar-refractivity contribution in [1.29, 1.82) is 0 Å². The van der Waals surface area contributed by atoms with E-state index in [1.807, 2.05) is 67.5 Å². The van der Waals surface area contributed by atoms with Gasteiger partial charge in [0.05, 0.1) is 11.2 Å². The van der Waals surface area contributed by atoms with Gasteiger partial charge in [-0.05, 0) is 61.5 Å². The molecule has 1 aromatic rings. The first kappa shape index (κ1) is 18.7. The molecule has 132 valence electrons. The number of aryl methyl sites for hydroxylation is 1. The first-order valence-electron chi connectivity index (χ1n) is 8.14. The summed E-state index contributed by atoms with van der Waals surface area (Å²) in [6.07, 6.45) is -0.557. The van der Waals surface area contributed by atoms with E-state index in [1.54, 1.807) is 0 Å². The van der Waals surface area contributed by atoms with Gasteiger partial charge in [-0.1, -0.05) is 6.07 Å². The van der Waals surface area contributed by atoms with Crippen LogP contribution in [-0.2, 0) is 14.0 Å². The third-order valence-corrected chi connectivity index (χ3v) is 4.19. The number of ether oxygens (including phenoxy) is 1. The number of hydrogen-bond donors (Lipinski definition) is 1. The quantitative estimate of drug-likeness (QED) is 0.842. The van der Waals surface area contributed by atoms with Crippen LogP contribution in [0, 0.1) is 6.92 Å². The maximum Gasteiger partial charge on any atom is 0.498 e. The number of amides is 1. The molecule has 0 aliphatic carbocycles. The van der Waals surface area contributed by atoms with Crippen LogP contribution in [0.1, 0.15) is 54.2 Å². The summed E-state index contributed by atoms with van der Waals surface area (Å²) >= 11 is 0. The van der Waals surface area contributed by atoms with Crippen molar-refractivity contribution in [1.82, 2.24) is 4.98 Å². The Bertz CT molecular complexity index is 622. The molecule has 2 rings (SSSR count). The molecule has 7 heteroatoms. The Kier molecular flexibility index (Phi) is 4.72. The molecule has 1 aliphatic rings. The maximum absolute atomic E-state index is 12.1. The fourth-order valence-corrected chi connectivity index (χ4v) is 2.23. The van der Waals surface area contributed by atoms with Crippen LogP contribution in [0.5, 0.6) is 0 Å². The number of carbonyl (C=O) groups is 1. The molecule has 0 unspecified atom stereocenters. The standard InChI is InChI=1S/C17H27BN2O4/c1-11-9-10-12(18-23-16(5,6)17(7,8)24-18)13(19-11)20-14(21)22-15(2,3)4/h9-10H,1-8H3,(H,19,20,21). The highest BCUT2D eigenvalue weighted by atomic mass is 16.7. The van der Waals surface area contributed by atoms with Gasteiger partial charge < -0.3 is 14.0 Å². The lowest BCUT2D eigenvalue weighted by Crippen LogP contribution is -2.41. The summed E-state index contributed by atoms with van der Waals surface area (Å²) in [5, 5.41) is 2.71. The fraction of sp³-hybridized carbons (Fsp3) is 0.647. The van der Waals surface area contributed by atoms with Crippen molar-refractivity contribution in [3.63, 3.8) is 0 Å². The van der Waals surface area contributed by atoms with E-state index in [-0.39, 0.29) is 0 Å². The minimum Gasteiger partial charge on any atom is -0.444 e. The zero-order chi connectivity index (χ0) is 18.3. The Morgan fingerprint density at radius 3 is 2.21 bits per heavy atom. The normalized spacial score (nSPS) is 19.2. The molecule has 0 saturated carbocycles. The Morgan fingerprint density at radius 1 is 1.17 bits per heavy atom. The fourth-order valence-electron chi connectivity index (χ4n) is 2.23. The molecule has 6 nitrogen and oxygen atoms in total. The van der Waals surface area contributed by atoms with Gasteiger partial charge in [-0.25, -0.2) is 9.78 Å². The van der Waals surface area contributed by atoms with Crippen LogP contribution < -0.4 is 10.8 Å². The number of pyridine rings is 1. The lowest BCUT2D eigenvalue weighted by Gasteiger charge is -2.32. The van der Waals surface area contributed by atoms with Gasteiger partial charge in [0.25, 0.3) is 0 Å². The second-order valence-corrected chi connectivity index (χ2v) is 8.11. The van der Waals surface area contributed by atoms with Gasteiger partial charge in [0.2, 0.25) is 0 Å². The molecule has 0 atom stereocenters. The van der Waals surface area contributed by atoms with E-state index in [0.717, 1.165) is 5.69 Å². The monoisotopic (exact) mass is 334 g/mol. The van der Waals surface area contributed by atoms with Gasteiger partial charge >= 0.3 is 13.2 Å². The average molecular weight is 334 g/mol. The summed E-state index contributed by atoms with van der Waals surface area (Å²) in [6.45, 7) is 15.2. The van der Waals surface area contributed by atoms with Gasteiger partial charge in [0.1, 0.15) is 11.4 Å². The molecule has 1 saturated heterocycles. The molecular weight excluding hydrogens is 307 g/mol. The van der Waals surface area contributed by atoms with Gasteiger partial charge in [-0.3, -0.25) is 5.32 Å². The van der Waals surface area contributed by atoms with Crippen LogP contribution in [0.4, 0.5) is 10.6 Å². The van der Waals surface area contributed by atoms with Crippen molar-refractivity contribution in [3.8, 4) is 0 Å².